The van der Waals surface area contributed by atoms with E-state index < -0.39 is 20.6 Å². The first kappa shape index (κ1) is 13.3. The van der Waals surface area contributed by atoms with Crippen LogP contribution in [0.25, 0.3) is 11.0 Å². The Morgan fingerprint density at radius 3 is 2.48 bits per heavy atom. The van der Waals surface area contributed by atoms with E-state index >= 15 is 0 Å². The predicted molar refractivity (Wildman–Crippen MR) is 74.2 cm³/mol. The molecule has 106 valence electrons. The zero-order valence-electron chi connectivity index (χ0n) is 10.6. The van der Waals surface area contributed by atoms with Gasteiger partial charge in [-0.3, -0.25) is 10.1 Å². The SMILES string of the molecule is O=[N+]([O-])c1ccccc1S(=O)(=O)[n+]1c[nH]c2ccccc21. The Balaban J connectivity index is 2.29. The standard InChI is InChI=1S/C13H9N3O4S/c17-16(18)12-7-3-4-8-13(12)21(19,20)15-9-14-10-5-1-2-6-11(10)15/h1-9H/p+1. The number of nitro benzene ring substituents is 1. The van der Waals surface area contributed by atoms with Crippen molar-refractivity contribution in [2.24, 2.45) is 0 Å². The molecule has 0 spiro atoms. The number of benzene rings is 2. The lowest BCUT2D eigenvalue weighted by molar-refractivity contribution is -0.481. The average Bonchev–Trinajstić information content (AvgIpc) is 2.92. The van der Waals surface area contributed by atoms with E-state index in [-0.39, 0.29) is 4.90 Å². The zero-order chi connectivity index (χ0) is 15.0. The van der Waals surface area contributed by atoms with Crippen molar-refractivity contribution in [2.75, 3.05) is 0 Å². The highest BCUT2D eigenvalue weighted by Gasteiger charge is 2.32. The van der Waals surface area contributed by atoms with Crippen molar-refractivity contribution in [3.8, 4) is 0 Å². The number of hydrogen-bond donors (Lipinski definition) is 1. The van der Waals surface area contributed by atoms with Crippen LogP contribution in [-0.2, 0) is 10.0 Å². The summed E-state index contributed by atoms with van der Waals surface area (Å²) in [6.45, 7) is 0. The first-order valence-corrected chi connectivity index (χ1v) is 7.42. The molecule has 3 aromatic rings. The molecule has 0 aliphatic heterocycles. The second kappa shape index (κ2) is 4.67. The molecular weight excluding hydrogens is 294 g/mol. The van der Waals surface area contributed by atoms with E-state index in [2.05, 4.69) is 4.98 Å². The lowest BCUT2D eigenvalue weighted by Crippen LogP contribution is -2.41. The molecule has 0 atom stereocenters. The third-order valence-corrected chi connectivity index (χ3v) is 4.80. The van der Waals surface area contributed by atoms with Crippen molar-refractivity contribution in [3.05, 3.63) is 65.0 Å². The molecule has 0 saturated carbocycles. The molecule has 2 aromatic carbocycles. The van der Waals surface area contributed by atoms with E-state index in [0.717, 1.165) is 3.97 Å². The third kappa shape index (κ3) is 2.05. The molecule has 0 fully saturated rings. The minimum Gasteiger partial charge on any atom is -0.258 e. The largest absolute Gasteiger partial charge is 0.342 e. The lowest BCUT2D eigenvalue weighted by atomic mass is 10.3. The molecule has 0 bridgehead atoms. The Morgan fingerprint density at radius 2 is 1.71 bits per heavy atom. The van der Waals surface area contributed by atoms with Crippen LogP contribution in [0.2, 0.25) is 0 Å². The maximum absolute atomic E-state index is 12.7. The van der Waals surface area contributed by atoms with Crippen LogP contribution in [0.5, 0.6) is 0 Å². The summed E-state index contributed by atoms with van der Waals surface area (Å²) in [6, 6.07) is 12.1. The van der Waals surface area contributed by atoms with Crippen LogP contribution in [0.1, 0.15) is 0 Å². The number of nitrogens with one attached hydrogen (secondary N) is 1. The highest BCUT2D eigenvalue weighted by molar-refractivity contribution is 7.85. The number of aromatic amines is 1. The molecule has 21 heavy (non-hydrogen) atoms. The summed E-state index contributed by atoms with van der Waals surface area (Å²) in [5.41, 5.74) is 0.602. The lowest BCUT2D eigenvalue weighted by Gasteiger charge is -2.02. The highest BCUT2D eigenvalue weighted by Crippen LogP contribution is 2.23. The van der Waals surface area contributed by atoms with Gasteiger partial charge in [0.15, 0.2) is 15.9 Å². The van der Waals surface area contributed by atoms with Crippen molar-refractivity contribution >= 4 is 26.7 Å². The van der Waals surface area contributed by atoms with Crippen LogP contribution < -0.4 is 3.97 Å². The van der Waals surface area contributed by atoms with Crippen molar-refractivity contribution in [3.63, 3.8) is 0 Å². The molecule has 0 unspecified atom stereocenters. The van der Waals surface area contributed by atoms with E-state index in [1.54, 1.807) is 24.3 Å². The smallest absolute Gasteiger partial charge is 0.258 e. The predicted octanol–water partition coefficient (Wildman–Crippen LogP) is 1.60. The number of H-pyrrole nitrogens is 1. The first-order valence-electron chi connectivity index (χ1n) is 5.98. The molecule has 0 aliphatic carbocycles. The van der Waals surface area contributed by atoms with Gasteiger partial charge in [0.2, 0.25) is 0 Å². The summed E-state index contributed by atoms with van der Waals surface area (Å²) >= 11 is 0. The van der Waals surface area contributed by atoms with E-state index in [9.17, 15) is 18.5 Å². The van der Waals surface area contributed by atoms with E-state index in [4.69, 9.17) is 0 Å². The van der Waals surface area contributed by atoms with Gasteiger partial charge in [-0.1, -0.05) is 24.3 Å². The molecule has 0 saturated heterocycles. The van der Waals surface area contributed by atoms with Gasteiger partial charge >= 0.3 is 10.0 Å². The Morgan fingerprint density at radius 1 is 1.05 bits per heavy atom. The van der Waals surface area contributed by atoms with Gasteiger partial charge in [-0.2, -0.15) is 8.42 Å². The Bertz CT molecular complexity index is 947. The molecule has 1 aromatic heterocycles. The van der Waals surface area contributed by atoms with Crippen molar-refractivity contribution in [1.29, 1.82) is 0 Å². The van der Waals surface area contributed by atoms with Gasteiger partial charge < -0.3 is 0 Å². The topological polar surface area (TPSA) is 96.9 Å². The molecule has 7 nitrogen and oxygen atoms in total. The Hall–Kier alpha value is -2.74. The number of nitrogens with zero attached hydrogens (tertiary/aromatic N) is 2. The normalized spacial score (nSPS) is 11.6. The summed E-state index contributed by atoms with van der Waals surface area (Å²) in [4.78, 5) is 12.8. The molecule has 1 N–H and O–H groups in total. The molecule has 8 heteroatoms. The summed E-state index contributed by atoms with van der Waals surface area (Å²) in [5.74, 6) is 0. The second-order valence-electron chi connectivity index (χ2n) is 4.32. The van der Waals surface area contributed by atoms with E-state index in [1.807, 2.05) is 0 Å². The quantitative estimate of drug-likeness (QED) is 0.451. The van der Waals surface area contributed by atoms with Gasteiger partial charge in [-0.15, -0.1) is 3.97 Å². The van der Waals surface area contributed by atoms with Crippen molar-refractivity contribution < 1.29 is 17.3 Å². The maximum atomic E-state index is 12.7. The Labute approximate surface area is 119 Å². The number of rotatable bonds is 3. The van der Waals surface area contributed by atoms with Gasteiger partial charge in [0, 0.05) is 6.07 Å². The van der Waals surface area contributed by atoms with Gasteiger partial charge in [-0.25, -0.2) is 4.98 Å². The second-order valence-corrected chi connectivity index (χ2v) is 6.10. The number of nitro groups is 1. The number of fused-ring (bicyclic) bond motifs is 1. The van der Waals surface area contributed by atoms with Gasteiger partial charge in [-0.05, 0) is 18.2 Å². The molecule has 0 aliphatic rings. The molecular formula is C13H10N3O4S+. The van der Waals surface area contributed by atoms with E-state index in [1.165, 1.54) is 30.6 Å². The number of hydrogen-bond acceptors (Lipinski definition) is 4. The molecule has 3 rings (SSSR count). The first-order chi connectivity index (χ1) is 10.0. The fourth-order valence-electron chi connectivity index (χ4n) is 2.12. The number of aromatic nitrogens is 2. The van der Waals surface area contributed by atoms with Crippen LogP contribution in [0.3, 0.4) is 0 Å². The maximum Gasteiger partial charge on any atom is 0.342 e. The molecule has 0 radical (unpaired) electrons. The van der Waals surface area contributed by atoms with E-state index in [0.29, 0.717) is 11.0 Å². The summed E-state index contributed by atoms with van der Waals surface area (Å²) in [6.07, 6.45) is 1.27. The number of imidazole rings is 1. The Kier molecular flexibility index (Phi) is 2.95. The third-order valence-electron chi connectivity index (χ3n) is 3.08. The zero-order valence-corrected chi connectivity index (χ0v) is 11.4. The van der Waals surface area contributed by atoms with Crippen molar-refractivity contribution in [1.82, 2.24) is 4.98 Å². The number of para-hydroxylation sites is 3. The minimum absolute atomic E-state index is 0.343. The minimum atomic E-state index is -4.05. The average molecular weight is 304 g/mol. The monoisotopic (exact) mass is 304 g/mol. The van der Waals surface area contributed by atoms with Crippen LogP contribution in [0.4, 0.5) is 5.69 Å². The van der Waals surface area contributed by atoms with Gasteiger partial charge in [0.25, 0.3) is 12.0 Å². The summed E-state index contributed by atoms with van der Waals surface area (Å²) < 4.78 is 26.4. The molecule has 0 amide bonds. The van der Waals surface area contributed by atoms with Gasteiger partial charge in [0.05, 0.1) is 4.92 Å². The van der Waals surface area contributed by atoms with Crippen LogP contribution >= 0.6 is 0 Å². The van der Waals surface area contributed by atoms with Crippen LogP contribution in [0, 0.1) is 10.1 Å². The van der Waals surface area contributed by atoms with Crippen LogP contribution in [-0.4, -0.2) is 18.3 Å². The molecule has 1 heterocycles. The van der Waals surface area contributed by atoms with Crippen LogP contribution in [0.15, 0.2) is 59.8 Å². The highest BCUT2D eigenvalue weighted by atomic mass is 32.2. The van der Waals surface area contributed by atoms with Gasteiger partial charge in [0.1, 0.15) is 0 Å². The summed E-state index contributed by atoms with van der Waals surface area (Å²) in [7, 11) is -4.05. The fourth-order valence-corrected chi connectivity index (χ4v) is 3.60. The fraction of sp³-hybridized carbons (Fsp3) is 0. The summed E-state index contributed by atoms with van der Waals surface area (Å²) in [5, 5.41) is 11.0. The van der Waals surface area contributed by atoms with Crippen molar-refractivity contribution in [2.45, 2.75) is 4.90 Å².